The molecule has 7 heteroatoms. The molecule has 1 aliphatic rings. The Hall–Kier alpha value is -1.55. The van der Waals surface area contributed by atoms with Gasteiger partial charge < -0.3 is 5.32 Å². The summed E-state index contributed by atoms with van der Waals surface area (Å²) >= 11 is 1.80. The smallest absolute Gasteiger partial charge is 0.204 e. The number of rotatable bonds is 5. The number of nitrogens with zero attached hydrogens (tertiary/aromatic N) is 4. The number of nitriles is 1. The number of aliphatic imine (C=N–C) groups is 3. The summed E-state index contributed by atoms with van der Waals surface area (Å²) in [6.07, 6.45) is 3.45. The van der Waals surface area contributed by atoms with E-state index in [0.29, 0.717) is 5.96 Å². The summed E-state index contributed by atoms with van der Waals surface area (Å²) in [6.45, 7) is 2.76. The third kappa shape index (κ3) is 4.87. The Morgan fingerprint density at radius 1 is 1.71 bits per heavy atom. The lowest BCUT2D eigenvalue weighted by Gasteiger charge is -2.09. The van der Waals surface area contributed by atoms with Gasteiger partial charge in [-0.15, -0.1) is 0 Å². The highest BCUT2D eigenvalue weighted by atomic mass is 32.2. The molecule has 0 fully saturated rings. The highest BCUT2D eigenvalue weighted by Crippen LogP contribution is 2.09. The van der Waals surface area contributed by atoms with Crippen molar-refractivity contribution in [2.24, 2.45) is 15.0 Å². The zero-order valence-electron chi connectivity index (χ0n) is 9.97. The van der Waals surface area contributed by atoms with Crippen LogP contribution in [0.15, 0.2) is 15.0 Å². The number of guanidine groups is 1. The van der Waals surface area contributed by atoms with Gasteiger partial charge in [0.05, 0.1) is 6.04 Å². The second kappa shape index (κ2) is 7.68. The maximum absolute atomic E-state index is 8.43. The minimum Gasteiger partial charge on any atom is -0.355 e. The van der Waals surface area contributed by atoms with Gasteiger partial charge in [0.2, 0.25) is 5.96 Å². The lowest BCUT2D eigenvalue weighted by atomic mass is 10.2. The van der Waals surface area contributed by atoms with Crippen molar-refractivity contribution in [3.05, 3.63) is 0 Å². The van der Waals surface area contributed by atoms with Crippen LogP contribution in [-0.4, -0.2) is 49.1 Å². The SMILES string of the molecule is CN=C(NC#N)NCCSCC1N=CN=C1C. The highest BCUT2D eigenvalue weighted by molar-refractivity contribution is 7.99. The van der Waals surface area contributed by atoms with E-state index in [9.17, 15) is 0 Å². The maximum Gasteiger partial charge on any atom is 0.204 e. The van der Waals surface area contributed by atoms with Crippen molar-refractivity contribution in [1.82, 2.24) is 10.6 Å². The molecule has 0 aliphatic carbocycles. The highest BCUT2D eigenvalue weighted by Gasteiger charge is 2.12. The molecule has 2 N–H and O–H groups in total. The first-order valence-corrected chi connectivity index (χ1v) is 6.43. The van der Waals surface area contributed by atoms with E-state index in [1.807, 2.05) is 13.1 Å². The predicted molar refractivity (Wildman–Crippen MR) is 72.8 cm³/mol. The van der Waals surface area contributed by atoms with Crippen molar-refractivity contribution < 1.29 is 0 Å². The second-order valence-corrected chi connectivity index (χ2v) is 4.51. The molecule has 0 aromatic rings. The van der Waals surface area contributed by atoms with Crippen LogP contribution in [0.2, 0.25) is 0 Å². The zero-order chi connectivity index (χ0) is 12.5. The maximum atomic E-state index is 8.43. The van der Waals surface area contributed by atoms with E-state index in [2.05, 4.69) is 25.6 Å². The van der Waals surface area contributed by atoms with Gasteiger partial charge in [0.25, 0.3) is 0 Å². The van der Waals surface area contributed by atoms with E-state index in [1.165, 1.54) is 0 Å². The molecule has 0 saturated heterocycles. The standard InChI is InChI=1S/C10H16N6S/c1-8-9(16-7-15-8)5-17-4-3-13-10(12-2)14-6-11/h7,9H,3-5H2,1-2H3,(H2,12,13,14). The molecule has 1 atom stereocenters. The molecule has 1 aliphatic heterocycles. The first-order chi connectivity index (χ1) is 8.27. The molecule has 0 amide bonds. The summed E-state index contributed by atoms with van der Waals surface area (Å²) in [5, 5.41) is 13.9. The van der Waals surface area contributed by atoms with Gasteiger partial charge in [-0.25, -0.2) is 4.99 Å². The van der Waals surface area contributed by atoms with Crippen molar-refractivity contribution in [2.75, 3.05) is 25.1 Å². The van der Waals surface area contributed by atoms with Crippen LogP contribution in [0.25, 0.3) is 0 Å². The Balaban J connectivity index is 2.07. The monoisotopic (exact) mass is 252 g/mol. The molecule has 1 heterocycles. The Morgan fingerprint density at radius 2 is 2.53 bits per heavy atom. The Kier molecular flexibility index (Phi) is 6.10. The topological polar surface area (TPSA) is 84.9 Å². The van der Waals surface area contributed by atoms with E-state index >= 15 is 0 Å². The van der Waals surface area contributed by atoms with E-state index in [-0.39, 0.29) is 6.04 Å². The van der Waals surface area contributed by atoms with Gasteiger partial charge in [-0.3, -0.25) is 15.3 Å². The molecule has 0 radical (unpaired) electrons. The first kappa shape index (κ1) is 13.5. The average molecular weight is 252 g/mol. The quantitative estimate of drug-likeness (QED) is 0.241. The summed E-state index contributed by atoms with van der Waals surface area (Å²) < 4.78 is 0. The third-order valence-corrected chi connectivity index (χ3v) is 3.25. The van der Waals surface area contributed by atoms with E-state index < -0.39 is 0 Å². The van der Waals surface area contributed by atoms with E-state index in [1.54, 1.807) is 25.1 Å². The largest absolute Gasteiger partial charge is 0.355 e. The van der Waals surface area contributed by atoms with Crippen LogP contribution in [0.4, 0.5) is 0 Å². The van der Waals surface area contributed by atoms with Crippen LogP contribution >= 0.6 is 11.8 Å². The summed E-state index contributed by atoms with van der Waals surface area (Å²) in [5.74, 6) is 2.38. The Morgan fingerprint density at radius 3 is 3.12 bits per heavy atom. The van der Waals surface area contributed by atoms with Gasteiger partial charge in [0.1, 0.15) is 6.34 Å². The molecule has 0 aromatic carbocycles. The Bertz CT molecular complexity index is 367. The summed E-state index contributed by atoms with van der Waals surface area (Å²) in [4.78, 5) is 12.2. The fourth-order valence-electron chi connectivity index (χ4n) is 1.23. The van der Waals surface area contributed by atoms with Crippen molar-refractivity contribution >= 4 is 29.8 Å². The predicted octanol–water partition coefficient (Wildman–Crippen LogP) is 0.237. The van der Waals surface area contributed by atoms with Crippen LogP contribution in [0.1, 0.15) is 6.92 Å². The average Bonchev–Trinajstić information content (AvgIpc) is 2.73. The van der Waals surface area contributed by atoms with Crippen LogP contribution in [0.5, 0.6) is 0 Å². The lowest BCUT2D eigenvalue weighted by Crippen LogP contribution is -2.35. The van der Waals surface area contributed by atoms with Gasteiger partial charge in [0.15, 0.2) is 6.19 Å². The van der Waals surface area contributed by atoms with E-state index in [4.69, 9.17) is 5.26 Å². The molecule has 92 valence electrons. The van der Waals surface area contributed by atoms with Crippen LogP contribution in [0, 0.1) is 11.5 Å². The second-order valence-electron chi connectivity index (χ2n) is 3.36. The van der Waals surface area contributed by atoms with Crippen LogP contribution in [0.3, 0.4) is 0 Å². The molecule has 6 nitrogen and oxygen atoms in total. The molecule has 0 bridgehead atoms. The number of hydrogen-bond donors (Lipinski definition) is 2. The van der Waals surface area contributed by atoms with Crippen molar-refractivity contribution in [3.63, 3.8) is 0 Å². The van der Waals surface area contributed by atoms with Gasteiger partial charge in [-0.1, -0.05) is 0 Å². The first-order valence-electron chi connectivity index (χ1n) is 5.27. The fourth-order valence-corrected chi connectivity index (χ4v) is 2.19. The van der Waals surface area contributed by atoms with Crippen molar-refractivity contribution in [1.29, 1.82) is 5.26 Å². The molecular formula is C10H16N6S. The lowest BCUT2D eigenvalue weighted by molar-refractivity contribution is 0.928. The van der Waals surface area contributed by atoms with Gasteiger partial charge in [-0.2, -0.15) is 17.0 Å². The number of thioether (sulfide) groups is 1. The number of hydrogen-bond acceptors (Lipinski definition) is 5. The Labute approximate surface area is 105 Å². The minimum absolute atomic E-state index is 0.233. The normalized spacial score (nSPS) is 18.8. The molecule has 17 heavy (non-hydrogen) atoms. The molecule has 0 spiro atoms. The van der Waals surface area contributed by atoms with Crippen LogP contribution in [-0.2, 0) is 0 Å². The summed E-state index contributed by atoms with van der Waals surface area (Å²) in [7, 11) is 1.63. The molecule has 0 saturated carbocycles. The van der Waals surface area contributed by atoms with Crippen molar-refractivity contribution in [3.8, 4) is 6.19 Å². The molecule has 0 aromatic heterocycles. The third-order valence-electron chi connectivity index (χ3n) is 2.20. The fraction of sp³-hybridized carbons (Fsp3) is 0.600. The number of nitrogens with one attached hydrogen (secondary N) is 2. The molecular weight excluding hydrogens is 236 g/mol. The van der Waals surface area contributed by atoms with Gasteiger partial charge in [-0.05, 0) is 6.92 Å². The molecule has 1 unspecified atom stereocenters. The minimum atomic E-state index is 0.233. The van der Waals surface area contributed by atoms with Crippen LogP contribution < -0.4 is 10.6 Å². The summed E-state index contributed by atoms with van der Waals surface area (Å²) in [6, 6.07) is 0.233. The van der Waals surface area contributed by atoms with Gasteiger partial charge in [0, 0.05) is 30.8 Å². The summed E-state index contributed by atoms with van der Waals surface area (Å²) in [5.41, 5.74) is 1.08. The van der Waals surface area contributed by atoms with Crippen molar-refractivity contribution in [2.45, 2.75) is 13.0 Å². The zero-order valence-corrected chi connectivity index (χ0v) is 10.8. The van der Waals surface area contributed by atoms with E-state index in [0.717, 1.165) is 23.8 Å². The molecule has 1 rings (SSSR count). The van der Waals surface area contributed by atoms with Gasteiger partial charge >= 0.3 is 0 Å².